The Kier molecular flexibility index (Phi) is 8.86. The normalized spacial score (nSPS) is 20.7. The van der Waals surface area contributed by atoms with E-state index in [0.29, 0.717) is 31.0 Å². The van der Waals surface area contributed by atoms with Gasteiger partial charge in [-0.2, -0.15) is 0 Å². The first-order valence-electron chi connectivity index (χ1n) is 13.5. The molecule has 12 heteroatoms. The van der Waals surface area contributed by atoms with Gasteiger partial charge >= 0.3 is 0 Å². The zero-order valence-corrected chi connectivity index (χ0v) is 23.0. The number of aliphatic hydroxyl groups is 3. The first kappa shape index (κ1) is 28.6. The Bertz CT molecular complexity index is 1410. The molecule has 0 saturated carbocycles. The van der Waals surface area contributed by atoms with Crippen LogP contribution >= 0.6 is 0 Å². The van der Waals surface area contributed by atoms with Crippen molar-refractivity contribution in [1.29, 1.82) is 0 Å². The van der Waals surface area contributed by atoms with Crippen molar-refractivity contribution in [3.63, 3.8) is 0 Å². The number of rotatable bonds is 11. The zero-order chi connectivity index (χ0) is 28.9. The van der Waals surface area contributed by atoms with Crippen molar-refractivity contribution in [2.24, 2.45) is 0 Å². The number of imidazole rings is 1. The summed E-state index contributed by atoms with van der Waals surface area (Å²) in [6.07, 6.45) is -3.26. The number of hydrogen-bond donors (Lipinski definition) is 5. The van der Waals surface area contributed by atoms with Crippen molar-refractivity contribution in [2.45, 2.75) is 30.5 Å². The molecule has 1 saturated heterocycles. The fraction of sp³-hybridized carbons (Fsp3) is 0.379. The van der Waals surface area contributed by atoms with E-state index in [1.807, 2.05) is 55.4 Å². The molecule has 2 aromatic heterocycles. The van der Waals surface area contributed by atoms with Crippen molar-refractivity contribution >= 4 is 22.9 Å². The van der Waals surface area contributed by atoms with Gasteiger partial charge in [0.2, 0.25) is 5.82 Å². The summed E-state index contributed by atoms with van der Waals surface area (Å²) in [5.74, 6) is -0.228. The third-order valence-electron chi connectivity index (χ3n) is 7.14. The lowest BCUT2D eigenvalue weighted by molar-refractivity contribution is -0.0511. The van der Waals surface area contributed by atoms with Crippen LogP contribution in [-0.2, 0) is 4.74 Å². The Hall–Kier alpha value is -3.94. The van der Waals surface area contributed by atoms with Crippen LogP contribution in [0.25, 0.3) is 11.2 Å². The number of aromatic nitrogens is 4. The van der Waals surface area contributed by atoms with Crippen molar-refractivity contribution in [3.05, 3.63) is 83.9 Å². The molecule has 2 aromatic carbocycles. The highest BCUT2D eigenvalue weighted by Crippen LogP contribution is 2.33. The number of likely N-dealkylation sites (N-methyl/N-ethyl adjacent to an activating group) is 1. The molecule has 5 rings (SSSR count). The molecule has 4 aromatic rings. The minimum Gasteiger partial charge on any atom is -0.394 e. The number of carbonyl (C=O) groups excluding carboxylic acids is 1. The maximum absolute atomic E-state index is 13.1. The number of aliphatic hydroxyl groups excluding tert-OH is 3. The largest absolute Gasteiger partial charge is 0.394 e. The van der Waals surface area contributed by atoms with Crippen LogP contribution in [0.5, 0.6) is 0 Å². The van der Waals surface area contributed by atoms with Crippen molar-refractivity contribution < 1.29 is 24.9 Å². The average Bonchev–Trinajstić information content (AvgIpc) is 3.54. The minimum absolute atomic E-state index is 0.0256. The van der Waals surface area contributed by atoms with Gasteiger partial charge in [-0.15, -0.1) is 0 Å². The molecule has 1 aliphatic heterocycles. The van der Waals surface area contributed by atoms with Crippen LogP contribution in [0.1, 0.15) is 33.9 Å². The first-order valence-corrected chi connectivity index (χ1v) is 13.5. The number of amides is 1. The van der Waals surface area contributed by atoms with Crippen LogP contribution in [0.2, 0.25) is 0 Å². The van der Waals surface area contributed by atoms with Crippen LogP contribution in [0.15, 0.2) is 67.0 Å². The van der Waals surface area contributed by atoms with Gasteiger partial charge in [-0.3, -0.25) is 9.36 Å². The monoisotopic (exact) mass is 561 g/mol. The van der Waals surface area contributed by atoms with E-state index in [9.17, 15) is 20.1 Å². The Morgan fingerprint density at radius 1 is 1.02 bits per heavy atom. The van der Waals surface area contributed by atoms with Gasteiger partial charge in [-0.25, -0.2) is 15.0 Å². The highest BCUT2D eigenvalue weighted by molar-refractivity contribution is 5.94. The number of anilines is 1. The molecule has 1 fully saturated rings. The highest BCUT2D eigenvalue weighted by atomic mass is 16.6. The number of nitrogens with zero attached hydrogens (tertiary/aromatic N) is 5. The number of fused-ring (bicyclic) bond motifs is 1. The summed E-state index contributed by atoms with van der Waals surface area (Å²) in [6.45, 7) is 1.01. The third-order valence-corrected chi connectivity index (χ3v) is 7.14. The smallest absolute Gasteiger partial charge is 0.289 e. The number of nitrogens with one attached hydrogen (secondary N) is 2. The highest BCUT2D eigenvalue weighted by Gasteiger charge is 2.44. The van der Waals surface area contributed by atoms with E-state index < -0.39 is 37.1 Å². The predicted octanol–water partition coefficient (Wildman–Crippen LogP) is 0.973. The van der Waals surface area contributed by atoms with Gasteiger partial charge in [-0.1, -0.05) is 60.7 Å². The van der Waals surface area contributed by atoms with Gasteiger partial charge in [0.1, 0.15) is 18.3 Å². The molecule has 5 N–H and O–H groups in total. The molecule has 0 spiro atoms. The molecule has 216 valence electrons. The third kappa shape index (κ3) is 6.21. The second kappa shape index (κ2) is 12.7. The van der Waals surface area contributed by atoms with E-state index in [1.54, 1.807) is 0 Å². The predicted molar refractivity (Wildman–Crippen MR) is 152 cm³/mol. The van der Waals surface area contributed by atoms with Crippen LogP contribution in [-0.4, -0.2) is 104 Å². The standard InChI is InChI=1S/C29H35N7O5/c1-35(2)14-13-30-28(40)26-33-25(31-15-20(18-9-5-3-6-10-18)19-11-7-4-8-12-19)22-27(34-26)36(17-32-22)29-24(39)23(38)21(16-37)41-29/h3-12,17,20-21,23-24,29,37-39H,13-16H2,1-2H3,(H,30,40)(H,31,33,34)/t21-,23-,24+,29-/m1/s1. The Labute approximate surface area is 237 Å². The number of ether oxygens (including phenoxy) is 1. The molecule has 0 unspecified atom stereocenters. The van der Waals surface area contributed by atoms with Gasteiger partial charge in [0.15, 0.2) is 23.2 Å². The van der Waals surface area contributed by atoms with Gasteiger partial charge < -0.3 is 35.6 Å². The molecule has 0 bridgehead atoms. The summed E-state index contributed by atoms with van der Waals surface area (Å²) in [4.78, 5) is 28.6. The quantitative estimate of drug-likeness (QED) is 0.179. The van der Waals surface area contributed by atoms with E-state index in [1.165, 1.54) is 10.9 Å². The zero-order valence-electron chi connectivity index (χ0n) is 23.0. The van der Waals surface area contributed by atoms with Gasteiger partial charge in [0.25, 0.3) is 5.91 Å². The fourth-order valence-electron chi connectivity index (χ4n) is 4.91. The van der Waals surface area contributed by atoms with Gasteiger partial charge in [0.05, 0.1) is 12.9 Å². The number of carbonyl (C=O) groups is 1. The summed E-state index contributed by atoms with van der Waals surface area (Å²) < 4.78 is 7.17. The summed E-state index contributed by atoms with van der Waals surface area (Å²) in [7, 11) is 3.82. The van der Waals surface area contributed by atoms with E-state index >= 15 is 0 Å². The number of benzene rings is 2. The molecule has 1 amide bonds. The maximum atomic E-state index is 13.1. The second-order valence-electron chi connectivity index (χ2n) is 10.3. The minimum atomic E-state index is -1.34. The topological polar surface area (TPSA) is 158 Å². The van der Waals surface area contributed by atoms with E-state index in [4.69, 9.17) is 4.74 Å². The molecule has 1 aliphatic rings. The van der Waals surface area contributed by atoms with E-state index in [2.05, 4.69) is 49.9 Å². The summed E-state index contributed by atoms with van der Waals surface area (Å²) in [5, 5.41) is 36.8. The van der Waals surface area contributed by atoms with Crippen molar-refractivity contribution in [1.82, 2.24) is 29.7 Å². The molecule has 12 nitrogen and oxygen atoms in total. The first-order chi connectivity index (χ1) is 19.9. The molecule has 3 heterocycles. The average molecular weight is 562 g/mol. The Morgan fingerprint density at radius 2 is 1.68 bits per heavy atom. The molecule has 0 radical (unpaired) electrons. The summed E-state index contributed by atoms with van der Waals surface area (Å²) in [5.41, 5.74) is 2.82. The van der Waals surface area contributed by atoms with Crippen molar-refractivity contribution in [3.8, 4) is 0 Å². The molecular weight excluding hydrogens is 526 g/mol. The SMILES string of the molecule is CN(C)CCNC(=O)c1nc(NCC(c2ccccc2)c2ccccc2)c2ncn([C@@H]3O[C@H](CO)[C@@H](O)[C@@H]3O)c2n1. The van der Waals surface area contributed by atoms with Crippen molar-refractivity contribution in [2.75, 3.05) is 45.7 Å². The van der Waals surface area contributed by atoms with Crippen LogP contribution in [0, 0.1) is 0 Å². The molecule has 4 atom stereocenters. The van der Waals surface area contributed by atoms with Crippen LogP contribution < -0.4 is 10.6 Å². The van der Waals surface area contributed by atoms with Crippen LogP contribution in [0.4, 0.5) is 5.82 Å². The lowest BCUT2D eigenvalue weighted by Crippen LogP contribution is -2.33. The van der Waals surface area contributed by atoms with Crippen LogP contribution in [0.3, 0.4) is 0 Å². The summed E-state index contributed by atoms with van der Waals surface area (Å²) in [6, 6.07) is 20.2. The number of hydrogen-bond acceptors (Lipinski definition) is 10. The van der Waals surface area contributed by atoms with Gasteiger partial charge in [0, 0.05) is 25.6 Å². The Balaban J connectivity index is 1.51. The second-order valence-corrected chi connectivity index (χ2v) is 10.3. The molecular formula is C29H35N7O5. The molecule has 41 heavy (non-hydrogen) atoms. The fourth-order valence-corrected chi connectivity index (χ4v) is 4.91. The summed E-state index contributed by atoms with van der Waals surface area (Å²) >= 11 is 0. The van der Waals surface area contributed by atoms with E-state index in [-0.39, 0.29) is 17.4 Å². The maximum Gasteiger partial charge on any atom is 0.289 e. The van der Waals surface area contributed by atoms with Gasteiger partial charge in [-0.05, 0) is 25.2 Å². The lowest BCUT2D eigenvalue weighted by Gasteiger charge is -2.20. The molecule has 0 aliphatic carbocycles. The lowest BCUT2D eigenvalue weighted by atomic mass is 9.91. The van der Waals surface area contributed by atoms with E-state index in [0.717, 1.165) is 11.1 Å². The Morgan fingerprint density at radius 3 is 2.27 bits per heavy atom.